The molecule has 0 spiro atoms. The molecule has 0 aliphatic rings. The number of rotatable bonds is 9. The molecule has 0 saturated heterocycles. The van der Waals surface area contributed by atoms with E-state index >= 15 is 0 Å². The van der Waals surface area contributed by atoms with Crippen molar-refractivity contribution < 1.29 is 13.2 Å². The van der Waals surface area contributed by atoms with Gasteiger partial charge in [-0.1, -0.05) is 18.2 Å². The van der Waals surface area contributed by atoms with Crippen molar-refractivity contribution >= 4 is 33.0 Å². The molecular formula is C22H25N3O3S2. The van der Waals surface area contributed by atoms with Crippen LogP contribution in [0.5, 0.6) is 0 Å². The number of nitrogens with zero attached hydrogens (tertiary/aromatic N) is 1. The third-order valence-electron chi connectivity index (χ3n) is 4.45. The van der Waals surface area contributed by atoms with Crippen molar-refractivity contribution in [3.8, 4) is 0 Å². The lowest BCUT2D eigenvalue weighted by Gasteiger charge is -2.10. The maximum atomic E-state index is 12.7. The second-order valence-electron chi connectivity index (χ2n) is 7.10. The summed E-state index contributed by atoms with van der Waals surface area (Å²) >= 11 is 1.65. The van der Waals surface area contributed by atoms with Gasteiger partial charge in [-0.25, -0.2) is 13.4 Å². The van der Waals surface area contributed by atoms with Crippen LogP contribution in [0.25, 0.3) is 0 Å². The number of unbranched alkanes of at least 4 members (excludes halogenated alkanes) is 1. The second kappa shape index (κ2) is 9.86. The summed E-state index contributed by atoms with van der Waals surface area (Å²) in [5, 5.41) is 6.00. The summed E-state index contributed by atoms with van der Waals surface area (Å²) in [6, 6.07) is 13.2. The zero-order chi connectivity index (χ0) is 21.6. The zero-order valence-corrected chi connectivity index (χ0v) is 18.6. The van der Waals surface area contributed by atoms with E-state index in [1.807, 2.05) is 25.3 Å². The largest absolute Gasteiger partial charge is 0.352 e. The molecule has 6 nitrogen and oxygen atoms in total. The third-order valence-corrected chi connectivity index (χ3v) is 6.85. The molecular weight excluding hydrogens is 418 g/mol. The predicted molar refractivity (Wildman–Crippen MR) is 121 cm³/mol. The first-order chi connectivity index (χ1) is 14.3. The molecule has 2 aromatic carbocycles. The van der Waals surface area contributed by atoms with Crippen molar-refractivity contribution in [2.45, 2.75) is 38.0 Å². The Bertz CT molecular complexity index is 1120. The van der Waals surface area contributed by atoms with Gasteiger partial charge in [0.2, 0.25) is 0 Å². The zero-order valence-electron chi connectivity index (χ0n) is 17.0. The normalized spacial score (nSPS) is 11.3. The minimum absolute atomic E-state index is 0.0517. The Morgan fingerprint density at radius 3 is 2.60 bits per heavy atom. The minimum Gasteiger partial charge on any atom is -0.352 e. The van der Waals surface area contributed by atoms with Crippen LogP contribution >= 0.6 is 11.3 Å². The van der Waals surface area contributed by atoms with Crippen LogP contribution in [0.1, 0.15) is 39.5 Å². The van der Waals surface area contributed by atoms with Crippen molar-refractivity contribution in [1.29, 1.82) is 0 Å². The Labute approximate surface area is 181 Å². The molecule has 158 valence electrons. The smallest absolute Gasteiger partial charge is 0.261 e. The summed E-state index contributed by atoms with van der Waals surface area (Å²) in [5.41, 5.74) is 2.79. The second-order valence-corrected chi connectivity index (χ2v) is 9.72. The number of sulfonamides is 1. The average molecular weight is 444 g/mol. The number of aryl methyl sites for hydroxylation is 3. The van der Waals surface area contributed by atoms with Gasteiger partial charge in [0, 0.05) is 28.9 Å². The van der Waals surface area contributed by atoms with Crippen LogP contribution in [0.3, 0.4) is 0 Å². The highest BCUT2D eigenvalue weighted by atomic mass is 32.2. The van der Waals surface area contributed by atoms with E-state index < -0.39 is 10.0 Å². The molecule has 0 saturated carbocycles. The van der Waals surface area contributed by atoms with Crippen LogP contribution < -0.4 is 10.0 Å². The fraction of sp³-hybridized carbons (Fsp3) is 0.273. The first kappa shape index (κ1) is 22.0. The molecule has 0 aliphatic carbocycles. The lowest BCUT2D eigenvalue weighted by molar-refractivity contribution is 0.0953. The lowest BCUT2D eigenvalue weighted by Crippen LogP contribution is -2.25. The summed E-state index contributed by atoms with van der Waals surface area (Å²) in [5.74, 6) is -0.285. The molecule has 0 bridgehead atoms. The van der Waals surface area contributed by atoms with Crippen molar-refractivity contribution in [3.05, 3.63) is 75.7 Å². The van der Waals surface area contributed by atoms with E-state index in [9.17, 15) is 13.2 Å². The van der Waals surface area contributed by atoms with Gasteiger partial charge >= 0.3 is 0 Å². The van der Waals surface area contributed by atoms with Gasteiger partial charge in [0.25, 0.3) is 15.9 Å². The standard InChI is InChI=1S/C22H25N3O3S2/c1-16-7-5-9-19(13-16)25-30(27,28)20-10-6-8-18(14-20)22(26)23-12-4-3-11-21-24-17(2)15-29-21/h5-10,13-15,25H,3-4,11-12H2,1-2H3,(H,23,26). The number of hydrogen-bond acceptors (Lipinski definition) is 5. The SMILES string of the molecule is Cc1cccc(NS(=O)(=O)c2cccc(C(=O)NCCCCc3nc(C)cs3)c2)c1. The van der Waals surface area contributed by atoms with E-state index in [0.29, 0.717) is 17.8 Å². The number of carbonyl (C=O) groups excluding carboxylic acids is 1. The number of thiazole rings is 1. The van der Waals surface area contributed by atoms with Crippen molar-refractivity contribution in [2.75, 3.05) is 11.3 Å². The molecule has 1 amide bonds. The molecule has 0 aliphatic heterocycles. The number of benzene rings is 2. The van der Waals surface area contributed by atoms with Crippen LogP contribution in [0.15, 0.2) is 58.8 Å². The summed E-state index contributed by atoms with van der Waals surface area (Å²) in [6.45, 7) is 4.40. The molecule has 1 aromatic heterocycles. The fourth-order valence-electron chi connectivity index (χ4n) is 2.95. The van der Waals surface area contributed by atoms with Crippen molar-refractivity contribution in [1.82, 2.24) is 10.3 Å². The molecule has 30 heavy (non-hydrogen) atoms. The maximum Gasteiger partial charge on any atom is 0.261 e. The van der Waals surface area contributed by atoms with Gasteiger partial charge in [-0.05, 0) is 69.0 Å². The van der Waals surface area contributed by atoms with Gasteiger partial charge in [0.05, 0.1) is 9.90 Å². The fourth-order valence-corrected chi connectivity index (χ4v) is 4.86. The van der Waals surface area contributed by atoms with Gasteiger partial charge in [-0.2, -0.15) is 0 Å². The quantitative estimate of drug-likeness (QED) is 0.482. The summed E-state index contributed by atoms with van der Waals surface area (Å²) < 4.78 is 27.9. The predicted octanol–water partition coefficient (Wildman–Crippen LogP) is 4.31. The van der Waals surface area contributed by atoms with Crippen molar-refractivity contribution in [2.24, 2.45) is 0 Å². The van der Waals surface area contributed by atoms with Gasteiger partial charge in [0.1, 0.15) is 0 Å². The number of aromatic nitrogens is 1. The number of hydrogen-bond donors (Lipinski definition) is 2. The monoisotopic (exact) mass is 443 g/mol. The first-order valence-corrected chi connectivity index (χ1v) is 12.1. The highest BCUT2D eigenvalue weighted by Gasteiger charge is 2.16. The van der Waals surface area contributed by atoms with E-state index in [4.69, 9.17) is 0 Å². The Balaban J connectivity index is 1.55. The number of carbonyl (C=O) groups is 1. The van der Waals surface area contributed by atoms with Gasteiger partial charge in [-0.15, -0.1) is 11.3 Å². The lowest BCUT2D eigenvalue weighted by atomic mass is 10.2. The Kier molecular flexibility index (Phi) is 7.23. The number of amides is 1. The molecule has 8 heteroatoms. The average Bonchev–Trinajstić information content (AvgIpc) is 3.12. The summed E-state index contributed by atoms with van der Waals surface area (Å²) in [6.07, 6.45) is 2.66. The Hall–Kier alpha value is -2.71. The summed E-state index contributed by atoms with van der Waals surface area (Å²) in [4.78, 5) is 16.9. The van der Waals surface area contributed by atoms with E-state index in [1.54, 1.807) is 41.7 Å². The van der Waals surface area contributed by atoms with Crippen LogP contribution in [-0.2, 0) is 16.4 Å². The molecule has 1 heterocycles. The van der Waals surface area contributed by atoms with E-state index in [-0.39, 0.29) is 10.8 Å². The van der Waals surface area contributed by atoms with Crippen molar-refractivity contribution in [3.63, 3.8) is 0 Å². The number of anilines is 1. The van der Waals surface area contributed by atoms with Crippen LogP contribution in [0.2, 0.25) is 0 Å². The summed E-state index contributed by atoms with van der Waals surface area (Å²) in [7, 11) is -3.78. The van der Waals surface area contributed by atoms with Crippen LogP contribution in [0, 0.1) is 13.8 Å². The van der Waals surface area contributed by atoms with Gasteiger partial charge in [-0.3, -0.25) is 9.52 Å². The Morgan fingerprint density at radius 2 is 1.87 bits per heavy atom. The molecule has 3 rings (SSSR count). The molecule has 0 unspecified atom stereocenters. The minimum atomic E-state index is -3.78. The van der Waals surface area contributed by atoms with Gasteiger partial charge < -0.3 is 5.32 Å². The maximum absolute atomic E-state index is 12.7. The molecule has 3 aromatic rings. The molecule has 0 atom stereocenters. The Morgan fingerprint density at radius 1 is 1.07 bits per heavy atom. The first-order valence-electron chi connectivity index (χ1n) is 9.72. The van der Waals surface area contributed by atoms with Crippen LogP contribution in [-0.4, -0.2) is 25.9 Å². The molecule has 0 fully saturated rings. The van der Waals surface area contributed by atoms with Crippen LogP contribution in [0.4, 0.5) is 5.69 Å². The van der Waals surface area contributed by atoms with E-state index in [2.05, 4.69) is 15.0 Å². The van der Waals surface area contributed by atoms with Gasteiger partial charge in [0.15, 0.2) is 0 Å². The highest BCUT2D eigenvalue weighted by Crippen LogP contribution is 2.18. The molecule has 0 radical (unpaired) electrons. The van der Waals surface area contributed by atoms with E-state index in [1.165, 1.54) is 12.1 Å². The third kappa shape index (κ3) is 6.14. The van der Waals surface area contributed by atoms with E-state index in [0.717, 1.165) is 35.5 Å². The molecule has 2 N–H and O–H groups in total. The highest BCUT2D eigenvalue weighted by molar-refractivity contribution is 7.92. The number of nitrogens with one attached hydrogen (secondary N) is 2. The topological polar surface area (TPSA) is 88.2 Å².